The molecule has 3 atom stereocenters. The predicted octanol–water partition coefficient (Wildman–Crippen LogP) is 2.68. The Morgan fingerprint density at radius 1 is 1.62 bits per heavy atom. The summed E-state index contributed by atoms with van der Waals surface area (Å²) >= 11 is 1.91. The molecule has 1 saturated heterocycles. The molecule has 1 aliphatic heterocycles. The molecule has 0 saturated carbocycles. The molecule has 0 radical (unpaired) electrons. The lowest BCUT2D eigenvalue weighted by molar-refractivity contribution is 0.310. The van der Waals surface area contributed by atoms with Gasteiger partial charge in [0.2, 0.25) is 5.89 Å². The van der Waals surface area contributed by atoms with Crippen LogP contribution in [0.3, 0.4) is 0 Å². The van der Waals surface area contributed by atoms with Crippen LogP contribution in [0.25, 0.3) is 0 Å². The van der Waals surface area contributed by atoms with Gasteiger partial charge < -0.3 is 10.3 Å². The molecule has 90 valence electrons. The summed E-state index contributed by atoms with van der Waals surface area (Å²) in [6.45, 7) is 4.23. The number of hydrogen-bond acceptors (Lipinski definition) is 5. The van der Waals surface area contributed by atoms with Crippen LogP contribution in [-0.2, 0) is 0 Å². The summed E-state index contributed by atoms with van der Waals surface area (Å²) in [4.78, 5) is 4.44. The molecular weight excluding hydrogens is 222 g/mol. The topological polar surface area (TPSA) is 64.9 Å². The molecule has 4 nitrogen and oxygen atoms in total. The van der Waals surface area contributed by atoms with Crippen molar-refractivity contribution in [1.82, 2.24) is 10.1 Å². The van der Waals surface area contributed by atoms with Crippen LogP contribution < -0.4 is 5.73 Å². The Morgan fingerprint density at radius 3 is 3.06 bits per heavy atom. The van der Waals surface area contributed by atoms with Crippen molar-refractivity contribution < 1.29 is 4.52 Å². The van der Waals surface area contributed by atoms with Crippen molar-refractivity contribution in [2.45, 2.75) is 44.4 Å². The first-order valence-corrected chi connectivity index (χ1v) is 6.98. The Hall–Kier alpha value is -0.550. The highest BCUT2D eigenvalue weighted by Gasteiger charge is 2.25. The van der Waals surface area contributed by atoms with E-state index in [0.29, 0.717) is 17.1 Å². The summed E-state index contributed by atoms with van der Waals surface area (Å²) in [5, 5.41) is 4.47. The largest absolute Gasteiger partial charge is 0.338 e. The zero-order chi connectivity index (χ0) is 11.5. The second-order valence-electron chi connectivity index (χ2n) is 4.40. The van der Waals surface area contributed by atoms with E-state index in [2.05, 4.69) is 24.0 Å². The first-order valence-electron chi connectivity index (χ1n) is 5.93. The lowest BCUT2D eigenvalue weighted by Crippen LogP contribution is -2.18. The first-order chi connectivity index (χ1) is 7.72. The van der Waals surface area contributed by atoms with Crippen molar-refractivity contribution in [3.05, 3.63) is 11.7 Å². The molecule has 2 rings (SSSR count). The minimum atomic E-state index is -0.127. The van der Waals surface area contributed by atoms with Crippen LogP contribution in [0.15, 0.2) is 4.52 Å². The third-order valence-corrected chi connectivity index (χ3v) is 4.59. The van der Waals surface area contributed by atoms with Gasteiger partial charge in [-0.2, -0.15) is 16.7 Å². The minimum absolute atomic E-state index is 0.127. The van der Waals surface area contributed by atoms with Gasteiger partial charge in [0.15, 0.2) is 5.82 Å². The summed E-state index contributed by atoms with van der Waals surface area (Å²) in [5.41, 5.74) is 6.06. The van der Waals surface area contributed by atoms with E-state index in [1.807, 2.05) is 11.8 Å². The molecule has 16 heavy (non-hydrogen) atoms. The van der Waals surface area contributed by atoms with Crippen LogP contribution in [0.5, 0.6) is 0 Å². The van der Waals surface area contributed by atoms with Crippen LogP contribution in [-0.4, -0.2) is 15.9 Å². The molecule has 0 amide bonds. The van der Waals surface area contributed by atoms with Gasteiger partial charge in [-0.3, -0.25) is 0 Å². The maximum absolute atomic E-state index is 6.06. The fourth-order valence-corrected chi connectivity index (χ4v) is 2.99. The monoisotopic (exact) mass is 241 g/mol. The van der Waals surface area contributed by atoms with Gasteiger partial charge in [0.05, 0.1) is 11.3 Å². The molecule has 1 fully saturated rings. The van der Waals surface area contributed by atoms with E-state index in [9.17, 15) is 0 Å². The second kappa shape index (κ2) is 5.19. The smallest absolute Gasteiger partial charge is 0.243 e. The van der Waals surface area contributed by atoms with Gasteiger partial charge in [-0.05, 0) is 24.5 Å². The average Bonchev–Trinajstić information content (AvgIpc) is 2.96. The quantitative estimate of drug-likeness (QED) is 0.878. The van der Waals surface area contributed by atoms with Crippen LogP contribution >= 0.6 is 11.8 Å². The maximum atomic E-state index is 6.06. The number of hydrogen-bond donors (Lipinski definition) is 1. The average molecular weight is 241 g/mol. The van der Waals surface area contributed by atoms with Gasteiger partial charge in [-0.1, -0.05) is 25.4 Å². The van der Waals surface area contributed by atoms with Gasteiger partial charge >= 0.3 is 0 Å². The van der Waals surface area contributed by atoms with E-state index in [1.54, 1.807) is 0 Å². The Kier molecular flexibility index (Phi) is 3.86. The van der Waals surface area contributed by atoms with Crippen molar-refractivity contribution in [2.24, 2.45) is 11.7 Å². The van der Waals surface area contributed by atoms with Gasteiger partial charge in [-0.25, -0.2) is 0 Å². The second-order valence-corrected chi connectivity index (χ2v) is 5.71. The number of thioether (sulfide) groups is 1. The number of aromatic nitrogens is 2. The van der Waals surface area contributed by atoms with Crippen LogP contribution in [0.2, 0.25) is 0 Å². The molecular formula is C11H19N3OS. The van der Waals surface area contributed by atoms with Gasteiger partial charge in [0, 0.05) is 0 Å². The first kappa shape index (κ1) is 11.9. The summed E-state index contributed by atoms with van der Waals surface area (Å²) in [5.74, 6) is 3.00. The van der Waals surface area contributed by atoms with E-state index >= 15 is 0 Å². The molecule has 2 heterocycles. The molecule has 1 aliphatic rings. The van der Waals surface area contributed by atoms with Crippen LogP contribution in [0, 0.1) is 5.92 Å². The molecule has 0 spiro atoms. The van der Waals surface area contributed by atoms with E-state index in [0.717, 1.165) is 18.7 Å². The van der Waals surface area contributed by atoms with Crippen LogP contribution in [0.4, 0.5) is 0 Å². The Morgan fingerprint density at radius 2 is 2.44 bits per heavy atom. The molecule has 0 aliphatic carbocycles. The highest BCUT2D eigenvalue weighted by Crippen LogP contribution is 2.38. The van der Waals surface area contributed by atoms with E-state index in [1.165, 1.54) is 12.2 Å². The van der Waals surface area contributed by atoms with Crippen molar-refractivity contribution >= 4 is 11.8 Å². The van der Waals surface area contributed by atoms with E-state index in [4.69, 9.17) is 10.3 Å². The molecule has 0 bridgehead atoms. The molecule has 1 aromatic heterocycles. The third kappa shape index (κ3) is 2.40. The summed E-state index contributed by atoms with van der Waals surface area (Å²) in [6.07, 6.45) is 3.43. The predicted molar refractivity (Wildman–Crippen MR) is 65.1 cm³/mol. The summed E-state index contributed by atoms with van der Waals surface area (Å²) in [6, 6.07) is -0.127. The maximum Gasteiger partial charge on any atom is 0.243 e. The van der Waals surface area contributed by atoms with Crippen molar-refractivity contribution in [3.8, 4) is 0 Å². The van der Waals surface area contributed by atoms with Crippen molar-refractivity contribution in [2.75, 3.05) is 5.75 Å². The van der Waals surface area contributed by atoms with Crippen molar-refractivity contribution in [3.63, 3.8) is 0 Å². The fourth-order valence-electron chi connectivity index (χ4n) is 1.79. The highest BCUT2D eigenvalue weighted by atomic mass is 32.2. The molecule has 0 aromatic carbocycles. The van der Waals surface area contributed by atoms with E-state index < -0.39 is 0 Å². The molecule has 2 N–H and O–H groups in total. The highest BCUT2D eigenvalue weighted by molar-refractivity contribution is 7.99. The van der Waals surface area contributed by atoms with Gasteiger partial charge in [0.1, 0.15) is 0 Å². The molecule has 3 unspecified atom stereocenters. The van der Waals surface area contributed by atoms with Gasteiger partial charge in [-0.15, -0.1) is 0 Å². The number of nitrogens with two attached hydrogens (primary N) is 1. The fraction of sp³-hybridized carbons (Fsp3) is 0.818. The molecule has 1 aromatic rings. The zero-order valence-corrected chi connectivity index (χ0v) is 10.7. The molecule has 5 heteroatoms. The SMILES string of the molecule is CCC(C)C(N)c1nc(C2CCCS2)no1. The lowest BCUT2D eigenvalue weighted by Gasteiger charge is -2.13. The number of nitrogens with zero attached hydrogens (tertiary/aromatic N) is 2. The van der Waals surface area contributed by atoms with Crippen molar-refractivity contribution in [1.29, 1.82) is 0 Å². The van der Waals surface area contributed by atoms with Crippen LogP contribution in [0.1, 0.15) is 56.1 Å². The van der Waals surface area contributed by atoms with Gasteiger partial charge in [0.25, 0.3) is 0 Å². The minimum Gasteiger partial charge on any atom is -0.338 e. The standard InChI is InChI=1S/C11H19N3OS/c1-3-7(2)9(12)11-13-10(14-15-11)8-5-4-6-16-8/h7-9H,3-6,12H2,1-2H3. The Bertz CT molecular complexity index is 336. The number of rotatable bonds is 4. The normalized spacial score (nSPS) is 24.6. The zero-order valence-electron chi connectivity index (χ0n) is 9.85. The summed E-state index contributed by atoms with van der Waals surface area (Å²) < 4.78 is 5.26. The lowest BCUT2D eigenvalue weighted by atomic mass is 10.0. The van der Waals surface area contributed by atoms with E-state index in [-0.39, 0.29) is 6.04 Å². The third-order valence-electron chi connectivity index (χ3n) is 3.22. The summed E-state index contributed by atoms with van der Waals surface area (Å²) in [7, 11) is 0. The Labute approximate surface area is 100 Å². The Balaban J connectivity index is 2.06.